The van der Waals surface area contributed by atoms with Gasteiger partial charge in [-0.25, -0.2) is 4.79 Å². The van der Waals surface area contributed by atoms with Crippen LogP contribution < -0.4 is 10.6 Å². The van der Waals surface area contributed by atoms with Gasteiger partial charge >= 0.3 is 5.97 Å². The summed E-state index contributed by atoms with van der Waals surface area (Å²) in [7, 11) is 0. The summed E-state index contributed by atoms with van der Waals surface area (Å²) in [6, 6.07) is 21.0. The Hall–Kier alpha value is -4.70. The number of amides is 2. The van der Waals surface area contributed by atoms with Crippen LogP contribution in [0.15, 0.2) is 83.8 Å². The van der Waals surface area contributed by atoms with E-state index in [9.17, 15) is 29.6 Å². The van der Waals surface area contributed by atoms with E-state index in [0.29, 0.717) is 27.7 Å². The molecule has 0 unspecified atom stereocenters. The van der Waals surface area contributed by atoms with Crippen molar-refractivity contribution in [3.63, 3.8) is 0 Å². The van der Waals surface area contributed by atoms with Crippen molar-refractivity contribution < 1.29 is 24.4 Å². The molecule has 0 aliphatic carbocycles. The van der Waals surface area contributed by atoms with Crippen LogP contribution in [0.4, 0.5) is 17.1 Å². The molecule has 9 nitrogen and oxygen atoms in total. The Morgan fingerprint density at radius 2 is 1.62 bits per heavy atom. The second-order valence-electron chi connectivity index (χ2n) is 8.09. The molecule has 0 saturated carbocycles. The minimum absolute atomic E-state index is 0.0434. The number of benzene rings is 4. The van der Waals surface area contributed by atoms with Crippen molar-refractivity contribution >= 4 is 57.4 Å². The van der Waals surface area contributed by atoms with Crippen LogP contribution in [0.3, 0.4) is 0 Å². The van der Waals surface area contributed by atoms with E-state index in [2.05, 4.69) is 10.6 Å². The van der Waals surface area contributed by atoms with Crippen molar-refractivity contribution in [1.29, 1.82) is 0 Å². The number of aromatic carboxylic acids is 1. The van der Waals surface area contributed by atoms with Gasteiger partial charge in [-0.2, -0.15) is 0 Å². The molecule has 0 aliphatic rings. The minimum Gasteiger partial charge on any atom is -0.478 e. The van der Waals surface area contributed by atoms with Crippen LogP contribution in [0.5, 0.6) is 0 Å². The van der Waals surface area contributed by atoms with E-state index >= 15 is 0 Å². The minimum atomic E-state index is -1.12. The zero-order valence-electron chi connectivity index (χ0n) is 19.6. The van der Waals surface area contributed by atoms with Gasteiger partial charge in [0, 0.05) is 39.4 Å². The molecule has 4 aromatic rings. The number of nitrogens with zero attached hydrogens (tertiary/aromatic N) is 1. The second-order valence-corrected chi connectivity index (χ2v) is 9.14. The SMILES string of the molecule is Cc1cc([N+](=O)[O-])ccc1NC(=O)CSc1cccc(NC(=O)c2cccc3cccc(C(=O)O)c23)c1. The number of rotatable bonds is 8. The average molecular weight is 516 g/mol. The normalized spacial score (nSPS) is 10.6. The Morgan fingerprint density at radius 1 is 0.919 bits per heavy atom. The largest absolute Gasteiger partial charge is 0.478 e. The van der Waals surface area contributed by atoms with Gasteiger partial charge in [0.25, 0.3) is 11.6 Å². The van der Waals surface area contributed by atoms with Gasteiger partial charge in [0.05, 0.1) is 16.2 Å². The standard InChI is InChI=1S/C27H21N3O6S/c1-16-13-19(30(35)36)11-12-23(16)29-24(31)15-37-20-8-4-7-18(14-20)28-26(32)21-9-2-5-17-6-3-10-22(25(17)21)27(33)34/h2-14H,15H2,1H3,(H,28,32)(H,29,31)(H,33,34). The highest BCUT2D eigenvalue weighted by Crippen LogP contribution is 2.27. The summed E-state index contributed by atoms with van der Waals surface area (Å²) >= 11 is 1.26. The lowest BCUT2D eigenvalue weighted by Gasteiger charge is -2.11. The number of nitrogens with one attached hydrogen (secondary N) is 2. The summed E-state index contributed by atoms with van der Waals surface area (Å²) in [6.07, 6.45) is 0. The van der Waals surface area contributed by atoms with Gasteiger partial charge in [-0.1, -0.05) is 30.3 Å². The molecule has 0 bridgehead atoms. The van der Waals surface area contributed by atoms with E-state index in [0.717, 1.165) is 4.90 Å². The third-order valence-electron chi connectivity index (χ3n) is 5.54. The predicted molar refractivity (Wildman–Crippen MR) is 142 cm³/mol. The lowest BCUT2D eigenvalue weighted by Crippen LogP contribution is -2.15. The van der Waals surface area contributed by atoms with Crippen LogP contribution in [-0.4, -0.2) is 33.6 Å². The molecule has 37 heavy (non-hydrogen) atoms. The number of nitro benzene ring substituents is 1. The summed E-state index contributed by atoms with van der Waals surface area (Å²) in [6.45, 7) is 1.68. The number of aryl methyl sites for hydroxylation is 1. The molecule has 0 radical (unpaired) electrons. The Labute approximate surface area is 215 Å². The molecule has 186 valence electrons. The number of anilines is 2. The fourth-order valence-corrected chi connectivity index (χ4v) is 4.56. The number of carbonyl (C=O) groups excluding carboxylic acids is 2. The number of nitro groups is 1. The van der Waals surface area contributed by atoms with Crippen molar-refractivity contribution in [3.8, 4) is 0 Å². The molecule has 0 fully saturated rings. The lowest BCUT2D eigenvalue weighted by molar-refractivity contribution is -0.384. The first-order chi connectivity index (χ1) is 17.7. The van der Waals surface area contributed by atoms with Crippen molar-refractivity contribution in [3.05, 3.63) is 106 Å². The van der Waals surface area contributed by atoms with Crippen LogP contribution in [0.25, 0.3) is 10.8 Å². The molecule has 3 N–H and O–H groups in total. The molecule has 0 aromatic heterocycles. The molecular formula is C27H21N3O6S. The van der Waals surface area contributed by atoms with Crippen LogP contribution >= 0.6 is 11.8 Å². The lowest BCUT2D eigenvalue weighted by atomic mass is 9.98. The number of carboxylic acid groups (broad SMARTS) is 1. The van der Waals surface area contributed by atoms with E-state index in [4.69, 9.17) is 0 Å². The summed E-state index contributed by atoms with van der Waals surface area (Å²) in [5.41, 5.74) is 1.80. The molecule has 4 aromatic carbocycles. The summed E-state index contributed by atoms with van der Waals surface area (Å²) in [5.74, 6) is -1.77. The predicted octanol–water partition coefficient (Wildman–Crippen LogP) is 5.74. The van der Waals surface area contributed by atoms with Crippen molar-refractivity contribution in [1.82, 2.24) is 0 Å². The number of fused-ring (bicyclic) bond motifs is 1. The van der Waals surface area contributed by atoms with Crippen molar-refractivity contribution in [2.75, 3.05) is 16.4 Å². The first-order valence-electron chi connectivity index (χ1n) is 11.1. The van der Waals surface area contributed by atoms with Crippen molar-refractivity contribution in [2.45, 2.75) is 11.8 Å². The van der Waals surface area contributed by atoms with Gasteiger partial charge in [0.2, 0.25) is 5.91 Å². The Morgan fingerprint density at radius 3 is 2.30 bits per heavy atom. The second kappa shape index (κ2) is 10.9. The Bertz CT molecular complexity index is 1550. The molecule has 0 aliphatic heterocycles. The van der Waals surface area contributed by atoms with Gasteiger partial charge in [-0.15, -0.1) is 11.8 Å². The monoisotopic (exact) mass is 515 g/mol. The van der Waals surface area contributed by atoms with Gasteiger partial charge < -0.3 is 15.7 Å². The molecule has 0 heterocycles. The number of hydrogen-bond donors (Lipinski definition) is 3. The first kappa shape index (κ1) is 25.4. The topological polar surface area (TPSA) is 139 Å². The summed E-state index contributed by atoms with van der Waals surface area (Å²) in [5, 5.41) is 27.0. The maximum Gasteiger partial charge on any atom is 0.336 e. The van der Waals surface area contributed by atoms with E-state index in [1.54, 1.807) is 61.5 Å². The van der Waals surface area contributed by atoms with E-state index in [1.807, 2.05) is 0 Å². The highest BCUT2D eigenvalue weighted by Gasteiger charge is 2.17. The first-order valence-corrected chi connectivity index (χ1v) is 12.1. The van der Waals surface area contributed by atoms with Gasteiger partial charge in [0.1, 0.15) is 0 Å². The average Bonchev–Trinajstić information content (AvgIpc) is 2.88. The smallest absolute Gasteiger partial charge is 0.336 e. The number of thioether (sulfide) groups is 1. The third kappa shape index (κ3) is 5.93. The number of carboxylic acids is 1. The quantitative estimate of drug-likeness (QED) is 0.155. The van der Waals surface area contributed by atoms with Crippen LogP contribution in [0, 0.1) is 17.0 Å². The van der Waals surface area contributed by atoms with E-state index in [-0.39, 0.29) is 28.5 Å². The zero-order chi connectivity index (χ0) is 26.5. The van der Waals surface area contributed by atoms with Crippen LogP contribution in [-0.2, 0) is 4.79 Å². The fraction of sp³-hybridized carbons (Fsp3) is 0.0741. The summed E-state index contributed by atoms with van der Waals surface area (Å²) < 4.78 is 0. The van der Waals surface area contributed by atoms with Gasteiger partial charge in [-0.05, 0) is 54.3 Å². The number of carbonyl (C=O) groups is 3. The molecule has 10 heteroatoms. The maximum atomic E-state index is 13.1. The molecule has 0 saturated heterocycles. The maximum absolute atomic E-state index is 13.1. The van der Waals surface area contributed by atoms with E-state index < -0.39 is 16.8 Å². The molecule has 2 amide bonds. The Kier molecular flexibility index (Phi) is 7.49. The van der Waals surface area contributed by atoms with E-state index in [1.165, 1.54) is 36.0 Å². The molecular weight excluding hydrogens is 494 g/mol. The van der Waals surface area contributed by atoms with Crippen molar-refractivity contribution in [2.24, 2.45) is 0 Å². The third-order valence-corrected chi connectivity index (χ3v) is 6.53. The highest BCUT2D eigenvalue weighted by molar-refractivity contribution is 8.00. The number of hydrogen-bond acceptors (Lipinski definition) is 6. The fourth-order valence-electron chi connectivity index (χ4n) is 3.81. The van der Waals surface area contributed by atoms with Crippen LogP contribution in [0.1, 0.15) is 26.3 Å². The molecule has 0 atom stereocenters. The van der Waals surface area contributed by atoms with Gasteiger partial charge in [-0.3, -0.25) is 19.7 Å². The molecule has 0 spiro atoms. The summed E-state index contributed by atoms with van der Waals surface area (Å²) in [4.78, 5) is 48.3. The molecule has 4 rings (SSSR count). The number of non-ortho nitro benzene ring substituents is 1. The highest BCUT2D eigenvalue weighted by atomic mass is 32.2. The zero-order valence-corrected chi connectivity index (χ0v) is 20.4. The van der Waals surface area contributed by atoms with Crippen LogP contribution in [0.2, 0.25) is 0 Å². The van der Waals surface area contributed by atoms with Gasteiger partial charge in [0.15, 0.2) is 0 Å². The Balaban J connectivity index is 1.44.